The van der Waals surface area contributed by atoms with Crippen LogP contribution in [0.4, 0.5) is 23.1 Å². The smallest absolute Gasteiger partial charge is 0.229 e. The third kappa shape index (κ3) is 4.68. The van der Waals surface area contributed by atoms with Crippen molar-refractivity contribution >= 4 is 23.1 Å². The van der Waals surface area contributed by atoms with Gasteiger partial charge in [-0.15, -0.1) is 0 Å². The highest BCUT2D eigenvalue weighted by Crippen LogP contribution is 2.40. The Morgan fingerprint density at radius 1 is 0.759 bits per heavy atom. The zero-order valence-corrected chi connectivity index (χ0v) is 17.6. The number of hydrogen-bond acceptors (Lipinski definition) is 7. The Hall–Kier alpha value is -3.48. The van der Waals surface area contributed by atoms with Gasteiger partial charge in [0.1, 0.15) is 5.82 Å². The molecule has 2 N–H and O–H groups in total. The number of benzene rings is 2. The van der Waals surface area contributed by atoms with Gasteiger partial charge in [0.25, 0.3) is 0 Å². The van der Waals surface area contributed by atoms with E-state index in [2.05, 4.69) is 45.7 Å². The van der Waals surface area contributed by atoms with Crippen molar-refractivity contribution in [1.29, 1.82) is 0 Å². The predicted molar refractivity (Wildman–Crippen MR) is 115 cm³/mol. The Balaban J connectivity index is 1.92. The standard InChI is InChI=1S/C22H26N4O3/c1-13-7-8-14(2)17(9-13)25-22-23-15(3)10-20(26-22)24-16-11-18(27-4)21(29-6)19(12-16)28-5/h7-12H,1-6H3,(H2,23,24,25,26). The highest BCUT2D eigenvalue weighted by molar-refractivity contribution is 5.68. The summed E-state index contributed by atoms with van der Waals surface area (Å²) in [7, 11) is 4.75. The number of nitrogens with zero attached hydrogens (tertiary/aromatic N) is 2. The topological polar surface area (TPSA) is 77.5 Å². The van der Waals surface area contributed by atoms with Crippen LogP contribution in [0.25, 0.3) is 0 Å². The minimum atomic E-state index is 0.522. The molecule has 2 aromatic carbocycles. The molecule has 0 amide bonds. The summed E-state index contributed by atoms with van der Waals surface area (Å²) in [5.74, 6) is 2.84. The van der Waals surface area contributed by atoms with Gasteiger partial charge in [0, 0.05) is 35.3 Å². The summed E-state index contributed by atoms with van der Waals surface area (Å²) in [4.78, 5) is 9.11. The second kappa shape index (κ2) is 8.68. The molecule has 0 aliphatic heterocycles. The second-order valence-electron chi connectivity index (χ2n) is 6.70. The first-order valence-electron chi connectivity index (χ1n) is 9.20. The highest BCUT2D eigenvalue weighted by Gasteiger charge is 2.14. The number of nitrogens with one attached hydrogen (secondary N) is 2. The predicted octanol–water partition coefficient (Wildman–Crippen LogP) is 4.91. The monoisotopic (exact) mass is 394 g/mol. The molecule has 0 spiro atoms. The second-order valence-corrected chi connectivity index (χ2v) is 6.70. The van der Waals surface area contributed by atoms with Crippen LogP contribution in [0, 0.1) is 20.8 Å². The van der Waals surface area contributed by atoms with Gasteiger partial charge in [-0.05, 0) is 38.0 Å². The molecule has 0 atom stereocenters. The largest absolute Gasteiger partial charge is 0.493 e. The Kier molecular flexibility index (Phi) is 6.07. The molecule has 0 radical (unpaired) electrons. The van der Waals surface area contributed by atoms with Crippen molar-refractivity contribution in [3.05, 3.63) is 53.2 Å². The number of methoxy groups -OCH3 is 3. The van der Waals surface area contributed by atoms with Gasteiger partial charge in [-0.2, -0.15) is 4.98 Å². The van der Waals surface area contributed by atoms with Gasteiger partial charge >= 0.3 is 0 Å². The maximum Gasteiger partial charge on any atom is 0.229 e. The number of aromatic nitrogens is 2. The van der Waals surface area contributed by atoms with Crippen LogP contribution in [-0.4, -0.2) is 31.3 Å². The van der Waals surface area contributed by atoms with E-state index in [1.165, 1.54) is 5.56 Å². The van der Waals surface area contributed by atoms with E-state index in [1.807, 2.05) is 32.0 Å². The van der Waals surface area contributed by atoms with Gasteiger partial charge < -0.3 is 24.8 Å². The van der Waals surface area contributed by atoms with Crippen LogP contribution in [0.15, 0.2) is 36.4 Å². The average molecular weight is 394 g/mol. The molecule has 0 saturated heterocycles. The number of aryl methyl sites for hydroxylation is 3. The molecule has 0 aliphatic rings. The summed E-state index contributed by atoms with van der Waals surface area (Å²) >= 11 is 0. The van der Waals surface area contributed by atoms with Gasteiger partial charge in [-0.3, -0.25) is 0 Å². The molecule has 0 unspecified atom stereocenters. The van der Waals surface area contributed by atoms with Crippen LogP contribution >= 0.6 is 0 Å². The molecular formula is C22H26N4O3. The lowest BCUT2D eigenvalue weighted by molar-refractivity contribution is 0.324. The molecule has 0 fully saturated rings. The maximum atomic E-state index is 5.42. The Morgan fingerprint density at radius 3 is 2.07 bits per heavy atom. The van der Waals surface area contributed by atoms with E-state index in [-0.39, 0.29) is 0 Å². The van der Waals surface area contributed by atoms with E-state index in [1.54, 1.807) is 21.3 Å². The summed E-state index contributed by atoms with van der Waals surface area (Å²) in [6, 6.07) is 11.8. The Labute approximate surface area is 171 Å². The number of ether oxygens (including phenoxy) is 3. The molecule has 0 saturated carbocycles. The molecule has 7 nitrogen and oxygen atoms in total. The Bertz CT molecular complexity index is 996. The SMILES string of the molecule is COc1cc(Nc2cc(C)nc(Nc3cc(C)ccc3C)n2)cc(OC)c1OC. The van der Waals surface area contributed by atoms with Crippen molar-refractivity contribution in [2.24, 2.45) is 0 Å². The molecule has 0 aliphatic carbocycles. The minimum absolute atomic E-state index is 0.522. The van der Waals surface area contributed by atoms with Crippen LogP contribution in [0.3, 0.4) is 0 Å². The molecule has 3 rings (SSSR count). The fraction of sp³-hybridized carbons (Fsp3) is 0.273. The van der Waals surface area contributed by atoms with Crippen molar-refractivity contribution in [3.63, 3.8) is 0 Å². The molecule has 29 heavy (non-hydrogen) atoms. The van der Waals surface area contributed by atoms with Crippen LogP contribution in [0.5, 0.6) is 17.2 Å². The summed E-state index contributed by atoms with van der Waals surface area (Å²) in [6.07, 6.45) is 0. The lowest BCUT2D eigenvalue weighted by atomic mass is 10.1. The molecule has 1 aromatic heterocycles. The number of hydrogen-bond donors (Lipinski definition) is 2. The van der Waals surface area contributed by atoms with Gasteiger partial charge in [-0.1, -0.05) is 12.1 Å². The van der Waals surface area contributed by atoms with E-state index in [4.69, 9.17) is 14.2 Å². The van der Waals surface area contributed by atoms with E-state index >= 15 is 0 Å². The lowest BCUT2D eigenvalue weighted by Gasteiger charge is -2.15. The van der Waals surface area contributed by atoms with E-state index < -0.39 is 0 Å². The summed E-state index contributed by atoms with van der Waals surface area (Å²) in [5, 5.41) is 6.60. The fourth-order valence-corrected chi connectivity index (χ4v) is 2.98. The van der Waals surface area contributed by atoms with Crippen molar-refractivity contribution in [2.45, 2.75) is 20.8 Å². The minimum Gasteiger partial charge on any atom is -0.493 e. The zero-order chi connectivity index (χ0) is 21.0. The molecule has 152 valence electrons. The van der Waals surface area contributed by atoms with E-state index in [0.29, 0.717) is 29.0 Å². The first-order valence-corrected chi connectivity index (χ1v) is 9.20. The zero-order valence-electron chi connectivity index (χ0n) is 17.6. The van der Waals surface area contributed by atoms with Crippen LogP contribution in [0.2, 0.25) is 0 Å². The van der Waals surface area contributed by atoms with Crippen molar-refractivity contribution < 1.29 is 14.2 Å². The number of rotatable bonds is 7. The average Bonchev–Trinajstić information content (AvgIpc) is 2.69. The fourth-order valence-electron chi connectivity index (χ4n) is 2.98. The van der Waals surface area contributed by atoms with Gasteiger partial charge in [0.2, 0.25) is 11.7 Å². The first kappa shape index (κ1) is 20.3. The van der Waals surface area contributed by atoms with Gasteiger partial charge in [0.05, 0.1) is 21.3 Å². The maximum absolute atomic E-state index is 5.42. The summed E-state index contributed by atoms with van der Waals surface area (Å²) in [6.45, 7) is 6.03. The van der Waals surface area contributed by atoms with Crippen molar-refractivity contribution in [1.82, 2.24) is 9.97 Å². The van der Waals surface area contributed by atoms with Crippen molar-refractivity contribution in [3.8, 4) is 17.2 Å². The van der Waals surface area contributed by atoms with Crippen molar-refractivity contribution in [2.75, 3.05) is 32.0 Å². The molecule has 3 aromatic rings. The van der Waals surface area contributed by atoms with E-state index in [9.17, 15) is 0 Å². The van der Waals surface area contributed by atoms with Crippen LogP contribution in [-0.2, 0) is 0 Å². The molecule has 0 bridgehead atoms. The van der Waals surface area contributed by atoms with Gasteiger partial charge in [0.15, 0.2) is 11.5 Å². The van der Waals surface area contributed by atoms with E-state index in [0.717, 1.165) is 22.6 Å². The molecule has 7 heteroatoms. The quantitative estimate of drug-likeness (QED) is 0.589. The van der Waals surface area contributed by atoms with Crippen LogP contribution < -0.4 is 24.8 Å². The lowest BCUT2D eigenvalue weighted by Crippen LogP contribution is -2.04. The Morgan fingerprint density at radius 2 is 1.45 bits per heavy atom. The van der Waals surface area contributed by atoms with Crippen LogP contribution in [0.1, 0.15) is 16.8 Å². The molecule has 1 heterocycles. The van der Waals surface area contributed by atoms with Gasteiger partial charge in [-0.25, -0.2) is 4.98 Å². The molecular weight excluding hydrogens is 368 g/mol. The summed E-state index contributed by atoms with van der Waals surface area (Å²) < 4.78 is 16.2. The third-order valence-corrected chi connectivity index (χ3v) is 4.43. The normalized spacial score (nSPS) is 10.4. The first-order chi connectivity index (χ1) is 13.9. The third-order valence-electron chi connectivity index (χ3n) is 4.43. The highest BCUT2D eigenvalue weighted by atomic mass is 16.5. The summed E-state index contributed by atoms with van der Waals surface area (Å²) in [5.41, 5.74) is 4.87. The number of anilines is 4.